The number of rotatable bonds is 5. The van der Waals surface area contributed by atoms with Crippen LogP contribution in [0.4, 0.5) is 5.69 Å². The van der Waals surface area contributed by atoms with Gasteiger partial charge < -0.3 is 9.64 Å². The van der Waals surface area contributed by atoms with Gasteiger partial charge in [0.1, 0.15) is 11.3 Å². The highest BCUT2D eigenvalue weighted by Crippen LogP contribution is 2.24. The van der Waals surface area contributed by atoms with Crippen LogP contribution in [0.1, 0.15) is 25.2 Å². The van der Waals surface area contributed by atoms with Crippen molar-refractivity contribution in [3.63, 3.8) is 0 Å². The SMILES string of the molecule is CC(C)Cc1nnc2c3ncc(N4CCOCC4)cc3n(Cc3ccc(Cl)cc3)c(=O)n12. The van der Waals surface area contributed by atoms with Gasteiger partial charge in [-0.15, -0.1) is 10.2 Å². The van der Waals surface area contributed by atoms with Gasteiger partial charge >= 0.3 is 5.69 Å². The second-order valence-electron chi connectivity index (χ2n) is 8.53. The molecule has 5 rings (SSSR count). The molecule has 1 aliphatic heterocycles. The number of anilines is 1. The van der Waals surface area contributed by atoms with E-state index >= 15 is 0 Å². The van der Waals surface area contributed by atoms with Crippen LogP contribution in [0.2, 0.25) is 5.02 Å². The first-order chi connectivity index (χ1) is 15.5. The third-order valence-electron chi connectivity index (χ3n) is 5.73. The van der Waals surface area contributed by atoms with E-state index in [9.17, 15) is 4.79 Å². The van der Waals surface area contributed by atoms with Crippen LogP contribution in [-0.2, 0) is 17.7 Å². The zero-order valence-corrected chi connectivity index (χ0v) is 18.9. The third-order valence-corrected chi connectivity index (χ3v) is 5.98. The van der Waals surface area contributed by atoms with E-state index < -0.39 is 0 Å². The van der Waals surface area contributed by atoms with E-state index in [0.29, 0.717) is 54.1 Å². The lowest BCUT2D eigenvalue weighted by Gasteiger charge is -2.28. The van der Waals surface area contributed by atoms with E-state index in [0.717, 1.165) is 29.9 Å². The Morgan fingerprint density at radius 3 is 2.59 bits per heavy atom. The maximum absolute atomic E-state index is 13.7. The molecule has 1 fully saturated rings. The average Bonchev–Trinajstić information content (AvgIpc) is 3.21. The average molecular weight is 453 g/mol. The molecule has 0 bridgehead atoms. The van der Waals surface area contributed by atoms with E-state index in [1.54, 1.807) is 8.97 Å². The Morgan fingerprint density at radius 2 is 1.88 bits per heavy atom. The molecule has 9 heteroatoms. The van der Waals surface area contributed by atoms with Crippen molar-refractivity contribution in [3.8, 4) is 0 Å². The predicted molar refractivity (Wildman–Crippen MR) is 125 cm³/mol. The lowest BCUT2D eigenvalue weighted by Crippen LogP contribution is -2.36. The van der Waals surface area contributed by atoms with E-state index in [2.05, 4.69) is 28.9 Å². The van der Waals surface area contributed by atoms with Crippen molar-refractivity contribution in [1.82, 2.24) is 24.1 Å². The summed E-state index contributed by atoms with van der Waals surface area (Å²) in [6.45, 7) is 7.54. The Kier molecular flexibility index (Phi) is 5.57. The van der Waals surface area contributed by atoms with Crippen LogP contribution >= 0.6 is 11.6 Å². The number of pyridine rings is 1. The molecular weight excluding hydrogens is 428 g/mol. The summed E-state index contributed by atoms with van der Waals surface area (Å²) in [5.41, 5.74) is 3.69. The summed E-state index contributed by atoms with van der Waals surface area (Å²) in [6.07, 6.45) is 2.51. The molecule has 1 aliphatic rings. The molecule has 0 radical (unpaired) electrons. The molecule has 0 unspecified atom stereocenters. The normalized spacial score (nSPS) is 14.7. The van der Waals surface area contributed by atoms with Crippen LogP contribution in [0.5, 0.6) is 0 Å². The van der Waals surface area contributed by atoms with Crippen molar-refractivity contribution in [2.75, 3.05) is 31.2 Å². The maximum atomic E-state index is 13.7. The number of fused-ring (bicyclic) bond motifs is 3. The van der Waals surface area contributed by atoms with Crippen molar-refractivity contribution in [2.24, 2.45) is 5.92 Å². The summed E-state index contributed by atoms with van der Waals surface area (Å²) in [6, 6.07) is 9.57. The minimum Gasteiger partial charge on any atom is -0.378 e. The molecule has 0 spiro atoms. The fourth-order valence-corrected chi connectivity index (χ4v) is 4.26. The first-order valence-corrected chi connectivity index (χ1v) is 11.2. The summed E-state index contributed by atoms with van der Waals surface area (Å²) in [5, 5.41) is 9.35. The van der Waals surface area contributed by atoms with E-state index in [1.165, 1.54) is 0 Å². The minimum atomic E-state index is -0.163. The Labute approximate surface area is 190 Å². The summed E-state index contributed by atoms with van der Waals surface area (Å²) in [7, 11) is 0. The van der Waals surface area contributed by atoms with Gasteiger partial charge in [0.25, 0.3) is 0 Å². The molecule has 1 aromatic carbocycles. The molecule has 8 nitrogen and oxygen atoms in total. The van der Waals surface area contributed by atoms with Crippen LogP contribution in [-0.4, -0.2) is 50.5 Å². The molecule has 1 saturated heterocycles. The number of benzene rings is 1. The summed E-state index contributed by atoms with van der Waals surface area (Å²) < 4.78 is 8.85. The van der Waals surface area contributed by atoms with E-state index in [4.69, 9.17) is 21.3 Å². The monoisotopic (exact) mass is 452 g/mol. The zero-order valence-electron chi connectivity index (χ0n) is 18.2. The Hall–Kier alpha value is -2.97. The smallest absolute Gasteiger partial charge is 0.336 e. The minimum absolute atomic E-state index is 0.163. The molecule has 0 N–H and O–H groups in total. The van der Waals surface area contributed by atoms with Crippen molar-refractivity contribution in [1.29, 1.82) is 0 Å². The quantitative estimate of drug-likeness (QED) is 0.463. The third kappa shape index (κ3) is 3.84. The largest absolute Gasteiger partial charge is 0.378 e. The maximum Gasteiger partial charge on any atom is 0.336 e. The molecule has 166 valence electrons. The number of ether oxygens (including phenoxy) is 1. The van der Waals surface area contributed by atoms with Crippen molar-refractivity contribution >= 4 is 34.0 Å². The molecule has 32 heavy (non-hydrogen) atoms. The van der Waals surface area contributed by atoms with Gasteiger partial charge in [-0.2, -0.15) is 0 Å². The topological polar surface area (TPSA) is 77.5 Å². The van der Waals surface area contributed by atoms with Gasteiger partial charge in [-0.3, -0.25) is 4.57 Å². The molecule has 3 aromatic heterocycles. The highest BCUT2D eigenvalue weighted by Gasteiger charge is 2.20. The number of halogens is 1. The molecular formula is C23H25ClN6O2. The van der Waals surface area contributed by atoms with Gasteiger partial charge in [0, 0.05) is 24.5 Å². The predicted octanol–water partition coefficient (Wildman–Crippen LogP) is 3.18. The Morgan fingerprint density at radius 1 is 1.12 bits per heavy atom. The fourth-order valence-electron chi connectivity index (χ4n) is 4.13. The van der Waals surface area contributed by atoms with Crippen LogP contribution in [0.25, 0.3) is 16.7 Å². The van der Waals surface area contributed by atoms with Gasteiger partial charge in [0.05, 0.1) is 37.2 Å². The van der Waals surface area contributed by atoms with Crippen molar-refractivity contribution in [3.05, 3.63) is 63.4 Å². The van der Waals surface area contributed by atoms with Crippen molar-refractivity contribution in [2.45, 2.75) is 26.8 Å². The number of aromatic nitrogens is 5. The van der Waals surface area contributed by atoms with Crippen LogP contribution in [0, 0.1) is 5.92 Å². The number of morpholine rings is 1. The van der Waals surface area contributed by atoms with Crippen LogP contribution < -0.4 is 10.6 Å². The molecule has 0 atom stereocenters. The molecule has 4 aromatic rings. The highest BCUT2D eigenvalue weighted by molar-refractivity contribution is 6.30. The second-order valence-corrected chi connectivity index (χ2v) is 8.97. The van der Waals surface area contributed by atoms with Crippen molar-refractivity contribution < 1.29 is 4.74 Å². The van der Waals surface area contributed by atoms with Crippen LogP contribution in [0.15, 0.2) is 41.3 Å². The van der Waals surface area contributed by atoms with Gasteiger partial charge in [0.15, 0.2) is 5.65 Å². The Balaban J connectivity index is 1.73. The molecule has 0 saturated carbocycles. The lowest BCUT2D eigenvalue weighted by atomic mass is 10.1. The Bertz CT molecular complexity index is 1320. The van der Waals surface area contributed by atoms with Gasteiger partial charge in [-0.25, -0.2) is 14.2 Å². The molecule has 0 aliphatic carbocycles. The van der Waals surface area contributed by atoms with E-state index in [-0.39, 0.29) is 5.69 Å². The first-order valence-electron chi connectivity index (χ1n) is 10.8. The van der Waals surface area contributed by atoms with Gasteiger partial charge in [-0.1, -0.05) is 37.6 Å². The number of hydrogen-bond acceptors (Lipinski definition) is 6. The lowest BCUT2D eigenvalue weighted by molar-refractivity contribution is 0.122. The number of hydrogen-bond donors (Lipinski definition) is 0. The van der Waals surface area contributed by atoms with Crippen LogP contribution in [0.3, 0.4) is 0 Å². The fraction of sp³-hybridized carbons (Fsp3) is 0.391. The molecule has 0 amide bonds. The number of nitrogens with zero attached hydrogens (tertiary/aromatic N) is 6. The summed E-state index contributed by atoms with van der Waals surface area (Å²) in [4.78, 5) is 20.7. The molecule has 4 heterocycles. The summed E-state index contributed by atoms with van der Waals surface area (Å²) in [5.74, 6) is 1.00. The van der Waals surface area contributed by atoms with E-state index in [1.807, 2.05) is 36.5 Å². The van der Waals surface area contributed by atoms with Gasteiger partial charge in [-0.05, 0) is 29.7 Å². The first kappa shape index (κ1) is 20.9. The van der Waals surface area contributed by atoms with Gasteiger partial charge in [0.2, 0.25) is 0 Å². The standard InChI is InChI=1S/C23H25ClN6O2/c1-15(2)11-20-26-27-22-21-19(12-18(13-25-21)28-7-9-32-10-8-28)29(23(31)30(20)22)14-16-3-5-17(24)6-4-16/h3-6,12-13,15H,7-11,14H2,1-2H3. The summed E-state index contributed by atoms with van der Waals surface area (Å²) >= 11 is 6.07. The zero-order chi connectivity index (χ0) is 22.2. The highest BCUT2D eigenvalue weighted by atomic mass is 35.5. The second kappa shape index (κ2) is 8.52.